The Balaban J connectivity index is 2.38. The number of rotatable bonds is 8. The summed E-state index contributed by atoms with van der Waals surface area (Å²) in [5.74, 6) is 0.839. The summed E-state index contributed by atoms with van der Waals surface area (Å²) in [5.41, 5.74) is 0.562. The number of hydrogen-bond donors (Lipinski definition) is 1. The van der Waals surface area contributed by atoms with Gasteiger partial charge in [-0.05, 0) is 43.3 Å². The fourth-order valence-corrected chi connectivity index (χ4v) is 3.36. The summed E-state index contributed by atoms with van der Waals surface area (Å²) in [7, 11) is 2.13. The van der Waals surface area contributed by atoms with Crippen LogP contribution in [0.3, 0.4) is 0 Å². The normalized spacial score (nSPS) is 11.2. The van der Waals surface area contributed by atoms with Gasteiger partial charge in [-0.3, -0.25) is 4.79 Å². The van der Waals surface area contributed by atoms with Crippen LogP contribution in [0.4, 0.5) is 5.69 Å². The lowest BCUT2D eigenvalue weighted by atomic mass is 10.1. The van der Waals surface area contributed by atoms with Crippen LogP contribution in [0, 0.1) is 0 Å². The molecule has 0 fully saturated rings. The molecule has 2 rings (SSSR count). The predicted octanol–water partition coefficient (Wildman–Crippen LogP) is 2.61. The van der Waals surface area contributed by atoms with Crippen LogP contribution in [0.2, 0.25) is 0 Å². The number of benzene rings is 2. The molecule has 0 spiro atoms. The highest BCUT2D eigenvalue weighted by molar-refractivity contribution is 7.89. The molecular formula is C19H24N2O6S. The Kier molecular flexibility index (Phi) is 6.87. The Bertz CT molecular complexity index is 957. The van der Waals surface area contributed by atoms with Crippen molar-refractivity contribution in [3.63, 3.8) is 0 Å². The Morgan fingerprint density at radius 2 is 1.64 bits per heavy atom. The van der Waals surface area contributed by atoms with Crippen molar-refractivity contribution in [3.05, 3.63) is 42.0 Å². The van der Waals surface area contributed by atoms with Crippen molar-refractivity contribution in [2.75, 3.05) is 40.2 Å². The molecule has 28 heavy (non-hydrogen) atoms. The number of anilines is 1. The van der Waals surface area contributed by atoms with E-state index in [0.717, 1.165) is 4.31 Å². The van der Waals surface area contributed by atoms with Crippen molar-refractivity contribution >= 4 is 21.6 Å². The van der Waals surface area contributed by atoms with Crippen LogP contribution in [0.1, 0.15) is 17.3 Å². The highest BCUT2D eigenvalue weighted by Crippen LogP contribution is 2.31. The number of hydrogen-bond acceptors (Lipinski definition) is 6. The van der Waals surface area contributed by atoms with Crippen molar-refractivity contribution in [3.8, 4) is 17.2 Å². The second-order valence-electron chi connectivity index (χ2n) is 5.90. The summed E-state index contributed by atoms with van der Waals surface area (Å²) < 4.78 is 41.8. The van der Waals surface area contributed by atoms with E-state index in [1.807, 2.05) is 6.92 Å². The van der Waals surface area contributed by atoms with Gasteiger partial charge in [-0.25, -0.2) is 12.7 Å². The van der Waals surface area contributed by atoms with Crippen LogP contribution >= 0.6 is 0 Å². The van der Waals surface area contributed by atoms with Gasteiger partial charge in [0.05, 0.1) is 31.4 Å². The van der Waals surface area contributed by atoms with Gasteiger partial charge in [0.2, 0.25) is 10.0 Å². The van der Waals surface area contributed by atoms with E-state index < -0.39 is 15.9 Å². The maximum absolute atomic E-state index is 12.7. The van der Waals surface area contributed by atoms with Crippen molar-refractivity contribution in [1.82, 2.24) is 4.31 Å². The van der Waals surface area contributed by atoms with Crippen molar-refractivity contribution in [2.45, 2.75) is 11.8 Å². The van der Waals surface area contributed by atoms with E-state index in [9.17, 15) is 13.2 Å². The zero-order valence-corrected chi connectivity index (χ0v) is 17.3. The number of sulfonamides is 1. The van der Waals surface area contributed by atoms with Crippen molar-refractivity contribution < 1.29 is 27.4 Å². The first kappa shape index (κ1) is 21.5. The molecule has 9 heteroatoms. The molecule has 1 amide bonds. The smallest absolute Gasteiger partial charge is 0.255 e. The lowest BCUT2D eigenvalue weighted by Gasteiger charge is -2.15. The number of amides is 1. The van der Waals surface area contributed by atoms with Crippen LogP contribution in [0.25, 0.3) is 0 Å². The van der Waals surface area contributed by atoms with E-state index in [2.05, 4.69) is 5.32 Å². The minimum absolute atomic E-state index is 0.0397. The quantitative estimate of drug-likeness (QED) is 0.722. The topological polar surface area (TPSA) is 94.2 Å². The Morgan fingerprint density at radius 3 is 2.21 bits per heavy atom. The number of nitrogens with zero attached hydrogens (tertiary/aromatic N) is 1. The minimum Gasteiger partial charge on any atom is -0.495 e. The van der Waals surface area contributed by atoms with Gasteiger partial charge in [0.25, 0.3) is 5.91 Å². The van der Waals surface area contributed by atoms with Gasteiger partial charge in [0.15, 0.2) is 11.5 Å². The molecule has 2 aromatic carbocycles. The lowest BCUT2D eigenvalue weighted by Crippen LogP contribution is -2.22. The molecule has 0 aromatic heterocycles. The van der Waals surface area contributed by atoms with Crippen LogP contribution in [0.5, 0.6) is 17.2 Å². The molecule has 8 nitrogen and oxygen atoms in total. The van der Waals surface area contributed by atoms with Crippen LogP contribution in [-0.4, -0.2) is 53.6 Å². The monoisotopic (exact) mass is 408 g/mol. The van der Waals surface area contributed by atoms with Gasteiger partial charge in [-0.15, -0.1) is 0 Å². The molecule has 0 saturated heterocycles. The van der Waals surface area contributed by atoms with Crippen LogP contribution < -0.4 is 19.5 Å². The summed E-state index contributed by atoms with van der Waals surface area (Å²) in [6, 6.07) is 9.05. The molecule has 0 atom stereocenters. The van der Waals surface area contributed by atoms with Crippen molar-refractivity contribution in [2.24, 2.45) is 0 Å². The second-order valence-corrected chi connectivity index (χ2v) is 8.05. The molecule has 0 aliphatic carbocycles. The average molecular weight is 408 g/mol. The molecule has 0 radical (unpaired) electrons. The number of methoxy groups -OCH3 is 2. The van der Waals surface area contributed by atoms with Gasteiger partial charge >= 0.3 is 0 Å². The molecule has 0 heterocycles. The zero-order chi connectivity index (χ0) is 20.9. The first-order valence-corrected chi connectivity index (χ1v) is 9.91. The molecular weight excluding hydrogens is 384 g/mol. The average Bonchev–Trinajstić information content (AvgIpc) is 2.68. The predicted molar refractivity (Wildman–Crippen MR) is 106 cm³/mol. The molecule has 1 N–H and O–H groups in total. The Hall–Kier alpha value is -2.78. The SMILES string of the molecule is CCOc1ccc(C(=O)Nc2cc(S(=O)(=O)N(C)C)ccc2OC)cc1OC. The van der Waals surface area contributed by atoms with Gasteiger partial charge < -0.3 is 19.5 Å². The number of nitrogens with one attached hydrogen (secondary N) is 1. The fraction of sp³-hybridized carbons (Fsp3) is 0.316. The summed E-state index contributed by atoms with van der Waals surface area (Å²) in [6.07, 6.45) is 0. The fourth-order valence-electron chi connectivity index (χ4n) is 2.43. The third-order valence-electron chi connectivity index (χ3n) is 3.92. The third-order valence-corrected chi connectivity index (χ3v) is 5.73. The standard InChI is InChI=1S/C19H24N2O6S/c1-6-27-17-9-7-13(11-18(17)26-5)19(22)20-15-12-14(8-10-16(15)25-4)28(23,24)21(2)3/h7-12H,6H2,1-5H3,(H,20,22). The Morgan fingerprint density at radius 1 is 1.00 bits per heavy atom. The van der Waals surface area contributed by atoms with E-state index in [4.69, 9.17) is 14.2 Å². The van der Waals surface area contributed by atoms with E-state index in [0.29, 0.717) is 29.4 Å². The van der Waals surface area contributed by atoms with E-state index in [1.54, 1.807) is 18.2 Å². The number of ether oxygens (including phenoxy) is 3. The highest BCUT2D eigenvalue weighted by Gasteiger charge is 2.20. The van der Waals surface area contributed by atoms with E-state index >= 15 is 0 Å². The van der Waals surface area contributed by atoms with Gasteiger partial charge in [-0.2, -0.15) is 0 Å². The van der Waals surface area contributed by atoms with Gasteiger partial charge in [0.1, 0.15) is 5.75 Å². The summed E-state index contributed by atoms with van der Waals surface area (Å²) >= 11 is 0. The first-order chi connectivity index (χ1) is 13.2. The summed E-state index contributed by atoms with van der Waals surface area (Å²) in [4.78, 5) is 12.7. The van der Waals surface area contributed by atoms with Crippen molar-refractivity contribution in [1.29, 1.82) is 0 Å². The molecule has 0 saturated carbocycles. The third kappa shape index (κ3) is 4.55. The number of carbonyl (C=O) groups is 1. The molecule has 0 bridgehead atoms. The largest absolute Gasteiger partial charge is 0.495 e. The number of carbonyl (C=O) groups excluding carboxylic acids is 1. The van der Waals surface area contributed by atoms with Gasteiger partial charge in [0, 0.05) is 19.7 Å². The molecule has 2 aromatic rings. The maximum Gasteiger partial charge on any atom is 0.255 e. The lowest BCUT2D eigenvalue weighted by molar-refractivity contribution is 0.102. The molecule has 152 valence electrons. The van der Waals surface area contributed by atoms with Crippen LogP contribution in [0.15, 0.2) is 41.3 Å². The molecule has 0 aliphatic heterocycles. The summed E-state index contributed by atoms with van der Waals surface area (Å²) in [5, 5.41) is 2.69. The molecule has 0 aliphatic rings. The summed E-state index contributed by atoms with van der Waals surface area (Å²) in [6.45, 7) is 2.31. The van der Waals surface area contributed by atoms with E-state index in [-0.39, 0.29) is 10.6 Å². The maximum atomic E-state index is 12.7. The van der Waals surface area contributed by atoms with Gasteiger partial charge in [-0.1, -0.05) is 0 Å². The Labute approximate surface area is 165 Å². The van der Waals surface area contributed by atoms with Crippen LogP contribution in [-0.2, 0) is 10.0 Å². The minimum atomic E-state index is -3.66. The van der Waals surface area contributed by atoms with E-state index in [1.165, 1.54) is 46.5 Å². The highest BCUT2D eigenvalue weighted by atomic mass is 32.2. The second kappa shape index (κ2) is 8.94. The molecule has 0 unspecified atom stereocenters. The zero-order valence-electron chi connectivity index (χ0n) is 16.5. The first-order valence-electron chi connectivity index (χ1n) is 8.47.